The first-order valence-electron chi connectivity index (χ1n) is 8.32. The van der Waals surface area contributed by atoms with Crippen LogP contribution >= 0.6 is 0 Å². The molecule has 2 rings (SSSR count). The molecule has 2 aromatic rings. The lowest BCUT2D eigenvalue weighted by Crippen LogP contribution is -2.35. The number of ether oxygens (including phenoxy) is 1. The van der Waals surface area contributed by atoms with Crippen molar-refractivity contribution in [3.05, 3.63) is 60.2 Å². The summed E-state index contributed by atoms with van der Waals surface area (Å²) in [5.41, 5.74) is 2.34. The summed E-state index contributed by atoms with van der Waals surface area (Å²) in [6.45, 7) is 5.64. The lowest BCUT2D eigenvalue weighted by Gasteiger charge is -2.19. The summed E-state index contributed by atoms with van der Waals surface area (Å²) in [6, 6.07) is 18.0. The molecule has 0 heterocycles. The van der Waals surface area contributed by atoms with Gasteiger partial charge in [0, 0.05) is 25.8 Å². The average Bonchev–Trinajstić information content (AvgIpc) is 2.61. The minimum atomic E-state index is -0.105. The fourth-order valence-electron chi connectivity index (χ4n) is 2.34. The van der Waals surface area contributed by atoms with Gasteiger partial charge in [0.25, 0.3) is 5.91 Å². The number of carbonyl (C=O) groups is 1. The Morgan fingerprint density at radius 1 is 1.12 bits per heavy atom. The van der Waals surface area contributed by atoms with Crippen LogP contribution < -0.4 is 15.0 Å². The van der Waals surface area contributed by atoms with Crippen LogP contribution in [-0.2, 0) is 4.79 Å². The highest BCUT2D eigenvalue weighted by molar-refractivity contribution is 5.77. The molecule has 2 aromatic carbocycles. The van der Waals surface area contributed by atoms with E-state index in [9.17, 15) is 4.79 Å². The van der Waals surface area contributed by atoms with Crippen molar-refractivity contribution in [1.29, 1.82) is 0 Å². The van der Waals surface area contributed by atoms with Crippen LogP contribution in [0.25, 0.3) is 0 Å². The van der Waals surface area contributed by atoms with Crippen LogP contribution in [-0.4, -0.2) is 32.7 Å². The zero-order valence-electron chi connectivity index (χ0n) is 14.7. The average molecular weight is 326 g/mol. The standard InChI is InChI=1S/C20H26N2O2/c1-16(2)17-8-7-11-19(14-17)24-15-20(23)21-12-13-22(3)18-9-5-4-6-10-18/h4-11,14,16H,12-13,15H2,1-3H3,(H,21,23). The first kappa shape index (κ1) is 17.9. The SMILES string of the molecule is CC(C)c1cccc(OCC(=O)NCCN(C)c2ccccc2)c1. The van der Waals surface area contributed by atoms with Crippen molar-refractivity contribution < 1.29 is 9.53 Å². The molecule has 0 fully saturated rings. The van der Waals surface area contributed by atoms with Crippen molar-refractivity contribution in [3.63, 3.8) is 0 Å². The van der Waals surface area contributed by atoms with Crippen LogP contribution in [0, 0.1) is 0 Å². The third-order valence-corrected chi connectivity index (χ3v) is 3.86. The summed E-state index contributed by atoms with van der Waals surface area (Å²) in [5, 5.41) is 2.89. The molecule has 128 valence electrons. The normalized spacial score (nSPS) is 10.5. The molecule has 0 spiro atoms. The Morgan fingerprint density at radius 2 is 1.88 bits per heavy atom. The Balaban J connectivity index is 1.71. The van der Waals surface area contributed by atoms with Gasteiger partial charge in [0.15, 0.2) is 6.61 Å². The number of likely N-dealkylation sites (N-methyl/N-ethyl adjacent to an activating group) is 1. The van der Waals surface area contributed by atoms with Crippen LogP contribution in [0.3, 0.4) is 0 Å². The molecule has 0 saturated carbocycles. The second-order valence-electron chi connectivity index (χ2n) is 6.12. The number of benzene rings is 2. The molecule has 0 aliphatic carbocycles. The van der Waals surface area contributed by atoms with Crippen molar-refractivity contribution in [3.8, 4) is 5.75 Å². The minimum Gasteiger partial charge on any atom is -0.484 e. The minimum absolute atomic E-state index is 0.0383. The number of carbonyl (C=O) groups excluding carboxylic acids is 1. The van der Waals surface area contributed by atoms with Gasteiger partial charge in [-0.3, -0.25) is 4.79 Å². The fraction of sp³-hybridized carbons (Fsp3) is 0.350. The maximum Gasteiger partial charge on any atom is 0.258 e. The van der Waals surface area contributed by atoms with Crippen molar-refractivity contribution in [2.75, 3.05) is 31.6 Å². The molecular formula is C20H26N2O2. The topological polar surface area (TPSA) is 41.6 Å². The summed E-state index contributed by atoms with van der Waals surface area (Å²) in [5.74, 6) is 1.07. The molecule has 1 N–H and O–H groups in total. The number of nitrogens with one attached hydrogen (secondary N) is 1. The molecule has 0 aliphatic rings. The first-order valence-corrected chi connectivity index (χ1v) is 8.32. The molecule has 0 atom stereocenters. The highest BCUT2D eigenvalue weighted by atomic mass is 16.5. The van der Waals surface area contributed by atoms with Gasteiger partial charge < -0.3 is 15.0 Å². The third kappa shape index (κ3) is 5.61. The zero-order chi connectivity index (χ0) is 17.4. The zero-order valence-corrected chi connectivity index (χ0v) is 14.7. The molecule has 1 amide bonds. The predicted octanol–water partition coefficient (Wildman–Crippen LogP) is 3.44. The molecule has 0 radical (unpaired) electrons. The Labute approximate surface area is 144 Å². The second kappa shape index (κ2) is 8.96. The molecule has 0 aromatic heterocycles. The predicted molar refractivity (Wildman–Crippen MR) is 98.7 cm³/mol. The second-order valence-corrected chi connectivity index (χ2v) is 6.12. The Hall–Kier alpha value is -2.49. The number of para-hydroxylation sites is 1. The number of hydrogen-bond acceptors (Lipinski definition) is 3. The van der Waals surface area contributed by atoms with Gasteiger partial charge in [0.2, 0.25) is 0 Å². The Bertz CT molecular complexity index is 641. The maximum absolute atomic E-state index is 11.9. The van der Waals surface area contributed by atoms with E-state index in [1.165, 1.54) is 5.56 Å². The lowest BCUT2D eigenvalue weighted by atomic mass is 10.0. The monoisotopic (exact) mass is 326 g/mol. The molecule has 4 nitrogen and oxygen atoms in total. The molecule has 24 heavy (non-hydrogen) atoms. The number of nitrogens with zero attached hydrogens (tertiary/aromatic N) is 1. The summed E-state index contributed by atoms with van der Waals surface area (Å²) in [4.78, 5) is 14.0. The van der Waals surface area contributed by atoms with Crippen molar-refractivity contribution >= 4 is 11.6 Å². The highest BCUT2D eigenvalue weighted by Crippen LogP contribution is 2.19. The Kier molecular flexibility index (Phi) is 6.67. The highest BCUT2D eigenvalue weighted by Gasteiger charge is 2.05. The van der Waals surface area contributed by atoms with Gasteiger partial charge in [-0.1, -0.05) is 44.2 Å². The Morgan fingerprint density at radius 3 is 2.58 bits per heavy atom. The summed E-state index contributed by atoms with van der Waals surface area (Å²) in [6.07, 6.45) is 0. The molecule has 4 heteroatoms. The van der Waals surface area contributed by atoms with E-state index in [2.05, 4.69) is 30.1 Å². The van der Waals surface area contributed by atoms with Crippen LogP contribution in [0.1, 0.15) is 25.3 Å². The lowest BCUT2D eigenvalue weighted by molar-refractivity contribution is -0.123. The van der Waals surface area contributed by atoms with Gasteiger partial charge in [-0.15, -0.1) is 0 Å². The quantitative estimate of drug-likeness (QED) is 0.808. The van der Waals surface area contributed by atoms with Gasteiger partial charge in [-0.2, -0.15) is 0 Å². The smallest absolute Gasteiger partial charge is 0.258 e. The van der Waals surface area contributed by atoms with Gasteiger partial charge >= 0.3 is 0 Å². The van der Waals surface area contributed by atoms with Crippen LogP contribution in [0.5, 0.6) is 5.75 Å². The van der Waals surface area contributed by atoms with Gasteiger partial charge in [-0.05, 0) is 35.7 Å². The van der Waals surface area contributed by atoms with E-state index in [0.29, 0.717) is 12.5 Å². The molecule has 0 saturated heterocycles. The van der Waals surface area contributed by atoms with E-state index in [1.807, 2.05) is 55.6 Å². The van der Waals surface area contributed by atoms with Crippen LogP contribution in [0.2, 0.25) is 0 Å². The third-order valence-electron chi connectivity index (χ3n) is 3.86. The molecule has 0 bridgehead atoms. The first-order chi connectivity index (χ1) is 11.6. The largest absolute Gasteiger partial charge is 0.484 e. The molecule has 0 aliphatic heterocycles. The van der Waals surface area contributed by atoms with Gasteiger partial charge in [0.1, 0.15) is 5.75 Å². The number of amides is 1. The van der Waals surface area contributed by atoms with Crippen LogP contribution in [0.15, 0.2) is 54.6 Å². The van der Waals surface area contributed by atoms with E-state index >= 15 is 0 Å². The van der Waals surface area contributed by atoms with Gasteiger partial charge in [0.05, 0.1) is 0 Å². The van der Waals surface area contributed by atoms with E-state index in [1.54, 1.807) is 0 Å². The van der Waals surface area contributed by atoms with E-state index in [4.69, 9.17) is 4.74 Å². The van der Waals surface area contributed by atoms with Crippen molar-refractivity contribution in [2.45, 2.75) is 19.8 Å². The number of anilines is 1. The molecule has 0 unspecified atom stereocenters. The number of hydrogen-bond donors (Lipinski definition) is 1. The van der Waals surface area contributed by atoms with Crippen molar-refractivity contribution in [2.24, 2.45) is 0 Å². The van der Waals surface area contributed by atoms with Gasteiger partial charge in [-0.25, -0.2) is 0 Å². The summed E-state index contributed by atoms with van der Waals surface area (Å²) >= 11 is 0. The maximum atomic E-state index is 11.9. The molecular weight excluding hydrogens is 300 g/mol. The summed E-state index contributed by atoms with van der Waals surface area (Å²) < 4.78 is 5.58. The summed E-state index contributed by atoms with van der Waals surface area (Å²) in [7, 11) is 2.01. The van der Waals surface area contributed by atoms with E-state index in [0.717, 1.165) is 18.0 Å². The van der Waals surface area contributed by atoms with E-state index < -0.39 is 0 Å². The number of rotatable bonds is 8. The van der Waals surface area contributed by atoms with Crippen LogP contribution in [0.4, 0.5) is 5.69 Å². The van der Waals surface area contributed by atoms with E-state index in [-0.39, 0.29) is 12.5 Å². The fourth-order valence-corrected chi connectivity index (χ4v) is 2.34. The van der Waals surface area contributed by atoms with Crippen molar-refractivity contribution in [1.82, 2.24) is 5.32 Å².